The van der Waals surface area contributed by atoms with Crippen LogP contribution in [-0.4, -0.2) is 19.7 Å². The summed E-state index contributed by atoms with van der Waals surface area (Å²) in [6.45, 7) is 2.91. The lowest BCUT2D eigenvalue weighted by Gasteiger charge is -2.09. The van der Waals surface area contributed by atoms with Crippen LogP contribution < -0.4 is 0 Å². The summed E-state index contributed by atoms with van der Waals surface area (Å²) in [6.07, 6.45) is 2.79. The van der Waals surface area contributed by atoms with Crippen molar-refractivity contribution < 1.29 is 0 Å². The second kappa shape index (κ2) is 7.97. The van der Waals surface area contributed by atoms with E-state index in [1.807, 2.05) is 24.3 Å². The third-order valence-corrected chi connectivity index (χ3v) is 6.24. The summed E-state index contributed by atoms with van der Waals surface area (Å²) in [7, 11) is 0. The molecule has 4 nitrogen and oxygen atoms in total. The predicted molar refractivity (Wildman–Crippen MR) is 113 cm³/mol. The zero-order chi connectivity index (χ0) is 18.8. The lowest BCUT2D eigenvalue weighted by atomic mass is 10.1. The number of aromatic amines is 1. The highest BCUT2D eigenvalue weighted by Gasteiger charge is 2.15. The average Bonchev–Trinajstić information content (AvgIpc) is 3.26. The highest BCUT2D eigenvalue weighted by atomic mass is 35.5. The van der Waals surface area contributed by atoms with E-state index in [0.717, 1.165) is 35.0 Å². The molecular weight excluding hydrogens is 399 g/mol. The number of rotatable bonds is 6. The zero-order valence-corrected chi connectivity index (χ0v) is 17.1. The number of hydrogen-bond donors (Lipinski definition) is 1. The van der Waals surface area contributed by atoms with E-state index in [1.54, 1.807) is 11.8 Å². The molecule has 0 aliphatic heterocycles. The van der Waals surface area contributed by atoms with Gasteiger partial charge in [-0.05, 0) is 36.2 Å². The maximum Gasteiger partial charge on any atom is 0.191 e. The third kappa shape index (κ3) is 3.72. The molecule has 2 aromatic heterocycles. The van der Waals surface area contributed by atoms with Crippen molar-refractivity contribution in [2.75, 3.05) is 0 Å². The van der Waals surface area contributed by atoms with E-state index in [1.165, 1.54) is 10.9 Å². The Bertz CT molecular complexity index is 1070. The van der Waals surface area contributed by atoms with E-state index in [9.17, 15) is 0 Å². The van der Waals surface area contributed by atoms with Gasteiger partial charge in [-0.25, -0.2) is 0 Å². The van der Waals surface area contributed by atoms with Crippen LogP contribution in [0, 0.1) is 0 Å². The van der Waals surface area contributed by atoms with E-state index in [4.69, 9.17) is 23.2 Å². The predicted octanol–water partition coefficient (Wildman–Crippen LogP) is 5.97. The van der Waals surface area contributed by atoms with Gasteiger partial charge in [0.1, 0.15) is 5.82 Å². The number of para-hydroxylation sites is 1. The minimum atomic E-state index is 0.656. The SMILES string of the molecule is CCn1c(Cc2c[nH]c3ccccc23)nnc1SCc1c(Cl)cccc1Cl. The molecule has 0 spiro atoms. The van der Waals surface area contributed by atoms with Gasteiger partial charge in [-0.1, -0.05) is 59.2 Å². The van der Waals surface area contributed by atoms with Crippen LogP contribution in [0.15, 0.2) is 53.8 Å². The molecule has 0 amide bonds. The van der Waals surface area contributed by atoms with Crippen LogP contribution >= 0.6 is 35.0 Å². The molecule has 4 rings (SSSR count). The van der Waals surface area contributed by atoms with Gasteiger partial charge in [-0.15, -0.1) is 10.2 Å². The number of hydrogen-bond acceptors (Lipinski definition) is 3. The van der Waals surface area contributed by atoms with Crippen LogP contribution in [-0.2, 0) is 18.7 Å². The summed E-state index contributed by atoms with van der Waals surface area (Å²) in [5.41, 5.74) is 3.28. The molecule has 2 heterocycles. The van der Waals surface area contributed by atoms with Crippen LogP contribution in [0.5, 0.6) is 0 Å². The first-order chi connectivity index (χ1) is 13.2. The smallest absolute Gasteiger partial charge is 0.191 e. The van der Waals surface area contributed by atoms with Gasteiger partial charge < -0.3 is 9.55 Å². The van der Waals surface area contributed by atoms with Gasteiger partial charge in [-0.2, -0.15) is 0 Å². The van der Waals surface area contributed by atoms with Crippen molar-refractivity contribution in [2.24, 2.45) is 0 Å². The van der Waals surface area contributed by atoms with E-state index >= 15 is 0 Å². The number of nitrogens with one attached hydrogen (secondary N) is 1. The number of halogens is 2. The number of aromatic nitrogens is 4. The Kier molecular flexibility index (Phi) is 5.43. The molecule has 138 valence electrons. The topological polar surface area (TPSA) is 46.5 Å². The number of benzene rings is 2. The highest BCUT2D eigenvalue weighted by molar-refractivity contribution is 7.98. The summed E-state index contributed by atoms with van der Waals surface area (Å²) >= 11 is 14.2. The lowest BCUT2D eigenvalue weighted by molar-refractivity contribution is 0.651. The van der Waals surface area contributed by atoms with Gasteiger partial charge in [-0.3, -0.25) is 0 Å². The van der Waals surface area contributed by atoms with Gasteiger partial charge in [0.05, 0.1) is 0 Å². The van der Waals surface area contributed by atoms with E-state index in [2.05, 4.69) is 51.1 Å². The molecule has 0 saturated heterocycles. The van der Waals surface area contributed by atoms with Gasteiger partial charge in [0.2, 0.25) is 0 Å². The zero-order valence-electron chi connectivity index (χ0n) is 14.7. The minimum Gasteiger partial charge on any atom is -0.361 e. The second-order valence-corrected chi connectivity index (χ2v) is 7.93. The van der Waals surface area contributed by atoms with Gasteiger partial charge in [0, 0.05) is 45.9 Å². The van der Waals surface area contributed by atoms with Crippen LogP contribution in [0.3, 0.4) is 0 Å². The fourth-order valence-corrected chi connectivity index (χ4v) is 4.89. The number of thioether (sulfide) groups is 1. The molecule has 0 fully saturated rings. The molecule has 0 atom stereocenters. The lowest BCUT2D eigenvalue weighted by Crippen LogP contribution is -2.04. The number of H-pyrrole nitrogens is 1. The molecule has 0 unspecified atom stereocenters. The maximum atomic E-state index is 6.28. The van der Waals surface area contributed by atoms with Crippen LogP contribution in [0.25, 0.3) is 10.9 Å². The number of nitrogens with zero attached hydrogens (tertiary/aromatic N) is 3. The van der Waals surface area contributed by atoms with Crippen LogP contribution in [0.2, 0.25) is 10.0 Å². The van der Waals surface area contributed by atoms with Gasteiger partial charge >= 0.3 is 0 Å². The second-order valence-electron chi connectivity index (χ2n) is 6.17. The normalized spacial score (nSPS) is 11.4. The Hall–Kier alpha value is -1.95. The van der Waals surface area contributed by atoms with E-state index < -0.39 is 0 Å². The van der Waals surface area contributed by atoms with Crippen molar-refractivity contribution in [3.8, 4) is 0 Å². The molecular formula is C20H18Cl2N4S. The molecule has 0 bridgehead atoms. The van der Waals surface area contributed by atoms with Crippen molar-refractivity contribution in [3.63, 3.8) is 0 Å². The molecule has 4 aromatic rings. The summed E-state index contributed by atoms with van der Waals surface area (Å²) in [6, 6.07) is 13.9. The van der Waals surface area contributed by atoms with Crippen LogP contribution in [0.1, 0.15) is 23.9 Å². The summed E-state index contributed by atoms with van der Waals surface area (Å²) in [4.78, 5) is 3.32. The molecule has 0 saturated carbocycles. The van der Waals surface area contributed by atoms with Gasteiger partial charge in [0.15, 0.2) is 5.16 Å². The van der Waals surface area contributed by atoms with Crippen molar-refractivity contribution in [1.82, 2.24) is 19.7 Å². The van der Waals surface area contributed by atoms with Crippen molar-refractivity contribution in [1.29, 1.82) is 0 Å². The van der Waals surface area contributed by atoms with E-state index in [-0.39, 0.29) is 0 Å². The molecule has 0 aliphatic carbocycles. The van der Waals surface area contributed by atoms with Crippen molar-refractivity contribution in [2.45, 2.75) is 30.8 Å². The molecule has 0 aliphatic rings. The quantitative estimate of drug-likeness (QED) is 0.393. The third-order valence-electron chi connectivity index (χ3n) is 4.54. The summed E-state index contributed by atoms with van der Waals surface area (Å²) in [5, 5.41) is 12.3. The first kappa shape index (κ1) is 18.4. The Morgan fingerprint density at radius 2 is 1.81 bits per heavy atom. The molecule has 2 aromatic carbocycles. The molecule has 0 radical (unpaired) electrons. The summed E-state index contributed by atoms with van der Waals surface area (Å²) < 4.78 is 2.15. The Morgan fingerprint density at radius 1 is 1.04 bits per heavy atom. The average molecular weight is 417 g/mol. The molecule has 27 heavy (non-hydrogen) atoms. The standard InChI is InChI=1S/C20H18Cl2N4S/c1-2-26-19(10-13-11-23-18-9-4-3-6-14(13)18)24-25-20(26)27-12-15-16(21)7-5-8-17(15)22/h3-9,11,23H,2,10,12H2,1H3. The van der Waals surface area contributed by atoms with Crippen molar-refractivity contribution in [3.05, 3.63) is 75.7 Å². The Morgan fingerprint density at radius 3 is 2.59 bits per heavy atom. The van der Waals surface area contributed by atoms with Crippen LogP contribution in [0.4, 0.5) is 0 Å². The fourth-order valence-electron chi connectivity index (χ4n) is 3.13. The Labute approximate surface area is 171 Å². The summed E-state index contributed by atoms with van der Waals surface area (Å²) in [5.74, 6) is 1.61. The van der Waals surface area contributed by atoms with Gasteiger partial charge in [0.25, 0.3) is 0 Å². The Balaban J connectivity index is 1.57. The maximum absolute atomic E-state index is 6.28. The number of fused-ring (bicyclic) bond motifs is 1. The highest BCUT2D eigenvalue weighted by Crippen LogP contribution is 2.31. The first-order valence-corrected chi connectivity index (χ1v) is 10.4. The molecule has 1 N–H and O–H groups in total. The fraction of sp³-hybridized carbons (Fsp3) is 0.200. The van der Waals surface area contributed by atoms with E-state index in [0.29, 0.717) is 15.8 Å². The first-order valence-electron chi connectivity index (χ1n) is 8.70. The monoisotopic (exact) mass is 416 g/mol. The molecule has 7 heteroatoms. The minimum absolute atomic E-state index is 0.656. The largest absolute Gasteiger partial charge is 0.361 e. The van der Waals surface area contributed by atoms with Crippen molar-refractivity contribution >= 4 is 45.9 Å².